The Bertz CT molecular complexity index is 5390. The van der Waals surface area contributed by atoms with E-state index in [4.69, 9.17) is 0 Å². The number of rotatable bonds is 7. The van der Waals surface area contributed by atoms with Crippen molar-refractivity contribution in [3.63, 3.8) is 0 Å². The molecular weight excluding hydrogens is 1020 g/mol. The summed E-state index contributed by atoms with van der Waals surface area (Å²) in [5.41, 5.74) is 20.5. The molecule has 0 aliphatic heterocycles. The second kappa shape index (κ2) is 19.6. The van der Waals surface area contributed by atoms with E-state index in [1.54, 1.807) is 12.1 Å². The smallest absolute Gasteiger partial charge is 0.123 e. The molecule has 1 heteroatoms. The van der Waals surface area contributed by atoms with Gasteiger partial charge in [0.1, 0.15) is 5.82 Å². The van der Waals surface area contributed by atoms with Crippen LogP contribution in [0.25, 0.3) is 164 Å². The van der Waals surface area contributed by atoms with Crippen molar-refractivity contribution >= 4 is 86.2 Å². The minimum atomic E-state index is -0.239. The first-order valence-corrected chi connectivity index (χ1v) is 29.1. The topological polar surface area (TPSA) is 0 Å². The highest BCUT2D eigenvalue weighted by atomic mass is 19.1. The molecule has 0 spiro atoms. The third-order valence-electron chi connectivity index (χ3n) is 17.9. The zero-order valence-corrected chi connectivity index (χ0v) is 46.9. The van der Waals surface area contributed by atoms with Crippen LogP contribution in [0.15, 0.2) is 279 Å². The van der Waals surface area contributed by atoms with Gasteiger partial charge in [0.25, 0.3) is 0 Å². The molecule has 0 fully saturated rings. The average Bonchev–Trinajstić information content (AvgIpc) is 0.928. The molecule has 0 N–H and O–H groups in total. The first kappa shape index (κ1) is 49.4. The molecule has 0 saturated carbocycles. The van der Waals surface area contributed by atoms with Crippen molar-refractivity contribution < 1.29 is 4.39 Å². The van der Waals surface area contributed by atoms with Crippen LogP contribution in [0.2, 0.25) is 0 Å². The minimum absolute atomic E-state index is 0.239. The molecule has 16 rings (SSSR count). The molecule has 0 aliphatic carbocycles. The summed E-state index contributed by atoms with van der Waals surface area (Å²) in [6, 6.07) is 102. The van der Waals surface area contributed by atoms with Crippen molar-refractivity contribution in [1.29, 1.82) is 0 Å². The van der Waals surface area contributed by atoms with Gasteiger partial charge < -0.3 is 0 Å². The van der Waals surface area contributed by atoms with Gasteiger partial charge in [-0.1, -0.05) is 224 Å². The van der Waals surface area contributed by atoms with E-state index in [0.717, 1.165) is 22.1 Å². The standard InChI is InChI=1S/C83H55F/c1-50-40-51(2)79(52(3)41-50)69-35-39-76-78(49-69)83(74-19-11-9-17-72(74)80(76)65-28-20-53-12-4-6-14-56(53)44-65)68-31-27-61-43-59(23-25-63(61)47-68)58-22-24-62-46-66(30-26-60(62)42-58)81-71-16-8-10-18-73(71)82(67-29-21-54-13-5-7-15-57(54)45-67)77-48-64(34-38-75(77)81)55-32-36-70(84)37-33-55/h4-49H,1-3H3. The normalized spacial score (nSPS) is 11.8. The third kappa shape index (κ3) is 8.26. The van der Waals surface area contributed by atoms with Crippen LogP contribution < -0.4 is 0 Å². The van der Waals surface area contributed by atoms with E-state index in [0.29, 0.717) is 0 Å². The van der Waals surface area contributed by atoms with Gasteiger partial charge in [0.2, 0.25) is 0 Å². The van der Waals surface area contributed by atoms with Gasteiger partial charge >= 0.3 is 0 Å². The van der Waals surface area contributed by atoms with Crippen LogP contribution in [-0.2, 0) is 0 Å². The van der Waals surface area contributed by atoms with Gasteiger partial charge in [-0.2, -0.15) is 0 Å². The van der Waals surface area contributed by atoms with Crippen LogP contribution in [0, 0.1) is 26.6 Å². The summed E-state index contributed by atoms with van der Waals surface area (Å²) in [4.78, 5) is 0. The van der Waals surface area contributed by atoms with E-state index in [1.807, 2.05) is 12.1 Å². The number of aryl methyl sites for hydroxylation is 3. The van der Waals surface area contributed by atoms with Gasteiger partial charge in [-0.15, -0.1) is 0 Å². The Morgan fingerprint density at radius 1 is 0.190 bits per heavy atom. The van der Waals surface area contributed by atoms with Crippen LogP contribution in [0.4, 0.5) is 4.39 Å². The predicted octanol–water partition coefficient (Wildman–Crippen LogP) is 23.6. The molecule has 0 aliphatic rings. The number of halogens is 1. The molecule has 0 unspecified atom stereocenters. The molecule has 16 aromatic rings. The van der Waals surface area contributed by atoms with Crippen molar-refractivity contribution in [2.45, 2.75) is 20.8 Å². The summed E-state index contributed by atoms with van der Waals surface area (Å²) < 4.78 is 14.2. The van der Waals surface area contributed by atoms with E-state index < -0.39 is 0 Å². The van der Waals surface area contributed by atoms with Crippen molar-refractivity contribution in [1.82, 2.24) is 0 Å². The first-order chi connectivity index (χ1) is 41.2. The van der Waals surface area contributed by atoms with Crippen LogP contribution in [0.1, 0.15) is 16.7 Å². The van der Waals surface area contributed by atoms with E-state index in [-0.39, 0.29) is 5.82 Å². The maximum atomic E-state index is 14.2. The molecule has 84 heavy (non-hydrogen) atoms. The lowest BCUT2D eigenvalue weighted by Gasteiger charge is -2.20. The minimum Gasteiger partial charge on any atom is -0.207 e. The summed E-state index contributed by atoms with van der Waals surface area (Å²) in [5, 5.41) is 19.4. The van der Waals surface area contributed by atoms with Crippen molar-refractivity contribution in [2.75, 3.05) is 0 Å². The number of hydrogen-bond acceptors (Lipinski definition) is 0. The van der Waals surface area contributed by atoms with Gasteiger partial charge in [0, 0.05) is 0 Å². The number of hydrogen-bond donors (Lipinski definition) is 0. The fourth-order valence-corrected chi connectivity index (χ4v) is 14.1. The second-order valence-electron chi connectivity index (χ2n) is 23.1. The van der Waals surface area contributed by atoms with E-state index in [1.165, 1.54) is 159 Å². The monoisotopic (exact) mass is 1070 g/mol. The van der Waals surface area contributed by atoms with Crippen LogP contribution in [0.3, 0.4) is 0 Å². The van der Waals surface area contributed by atoms with Crippen LogP contribution >= 0.6 is 0 Å². The zero-order valence-electron chi connectivity index (χ0n) is 46.9. The summed E-state index contributed by atoms with van der Waals surface area (Å²) >= 11 is 0. The number of fused-ring (bicyclic) bond motifs is 8. The van der Waals surface area contributed by atoms with Crippen LogP contribution in [0.5, 0.6) is 0 Å². The molecule has 0 nitrogen and oxygen atoms in total. The molecule has 0 radical (unpaired) electrons. The molecule has 0 saturated heterocycles. The second-order valence-corrected chi connectivity index (χ2v) is 23.1. The Morgan fingerprint density at radius 2 is 0.452 bits per heavy atom. The van der Waals surface area contributed by atoms with E-state index in [9.17, 15) is 4.39 Å². The highest BCUT2D eigenvalue weighted by Gasteiger charge is 2.22. The Labute approximate surface area is 488 Å². The molecule has 0 heterocycles. The third-order valence-corrected chi connectivity index (χ3v) is 17.9. The summed E-state index contributed by atoms with van der Waals surface area (Å²) in [7, 11) is 0. The molecule has 0 aromatic heterocycles. The predicted molar refractivity (Wildman–Crippen MR) is 359 cm³/mol. The average molecular weight is 1070 g/mol. The van der Waals surface area contributed by atoms with Gasteiger partial charge in [-0.3, -0.25) is 0 Å². The lowest BCUT2D eigenvalue weighted by Crippen LogP contribution is -1.94. The molecule has 16 aromatic carbocycles. The van der Waals surface area contributed by atoms with E-state index >= 15 is 0 Å². The highest BCUT2D eigenvalue weighted by Crippen LogP contribution is 2.49. The Hall–Kier alpha value is -10.5. The van der Waals surface area contributed by atoms with Gasteiger partial charge in [-0.05, 0) is 257 Å². The van der Waals surface area contributed by atoms with Crippen LogP contribution in [-0.4, -0.2) is 0 Å². The molecule has 394 valence electrons. The fraction of sp³-hybridized carbons (Fsp3) is 0.0361. The Morgan fingerprint density at radius 3 is 0.881 bits per heavy atom. The maximum absolute atomic E-state index is 14.2. The lowest BCUT2D eigenvalue weighted by atomic mass is 9.83. The molecular formula is C83H55F. The maximum Gasteiger partial charge on any atom is 0.123 e. The van der Waals surface area contributed by atoms with Crippen molar-refractivity contribution in [3.05, 3.63) is 302 Å². The number of benzene rings is 16. The van der Waals surface area contributed by atoms with Gasteiger partial charge in [0.05, 0.1) is 0 Å². The quantitative estimate of drug-likeness (QED) is 0.140. The molecule has 0 amide bonds. The SMILES string of the molecule is Cc1cc(C)c(-c2ccc3c(-c4ccc5ccccc5c4)c4ccccc4c(-c4ccc5cc(-c6ccc7cc(-c8c9ccccc9c(-c9ccc%10ccccc%10c9)c9cc(-c%10ccc(F)cc%10)ccc89)ccc7c6)ccc5c4)c3c2)c(C)c1. The zero-order chi connectivity index (χ0) is 56.2. The summed E-state index contributed by atoms with van der Waals surface area (Å²) in [6.07, 6.45) is 0. The fourth-order valence-electron chi connectivity index (χ4n) is 14.1. The summed E-state index contributed by atoms with van der Waals surface area (Å²) in [5.74, 6) is -0.239. The Balaban J connectivity index is 0.802. The lowest BCUT2D eigenvalue weighted by molar-refractivity contribution is 0.628. The molecule has 0 bridgehead atoms. The first-order valence-electron chi connectivity index (χ1n) is 29.1. The van der Waals surface area contributed by atoms with Gasteiger partial charge in [0.15, 0.2) is 0 Å². The summed E-state index contributed by atoms with van der Waals surface area (Å²) in [6.45, 7) is 6.69. The van der Waals surface area contributed by atoms with Crippen molar-refractivity contribution in [2.24, 2.45) is 0 Å². The van der Waals surface area contributed by atoms with Crippen molar-refractivity contribution in [3.8, 4) is 77.9 Å². The molecule has 0 atom stereocenters. The highest BCUT2D eigenvalue weighted by molar-refractivity contribution is 6.24. The Kier molecular flexibility index (Phi) is 11.5. The van der Waals surface area contributed by atoms with Gasteiger partial charge in [-0.25, -0.2) is 4.39 Å². The van der Waals surface area contributed by atoms with E-state index in [2.05, 4.69) is 276 Å². The largest absolute Gasteiger partial charge is 0.207 e.